The zero-order chi connectivity index (χ0) is 46.7. The first-order chi connectivity index (χ1) is 31.4. The van der Waals surface area contributed by atoms with Crippen LogP contribution in [0.5, 0.6) is 0 Å². The van der Waals surface area contributed by atoms with E-state index in [-0.39, 0.29) is 31.1 Å². The molecule has 0 aliphatic rings. The molecule has 0 radical (unpaired) electrons. The van der Waals surface area contributed by atoms with E-state index in [1.807, 2.05) is 0 Å². The molecule has 0 aliphatic carbocycles. The second kappa shape index (κ2) is 52.4. The number of esters is 3. The van der Waals surface area contributed by atoms with E-state index in [2.05, 4.69) is 27.7 Å². The molecule has 0 aromatic rings. The molecule has 64 heavy (non-hydrogen) atoms. The van der Waals surface area contributed by atoms with Gasteiger partial charge in [-0.15, -0.1) is 0 Å². The molecule has 0 N–H and O–H groups in total. The molecule has 0 aromatic heterocycles. The summed E-state index contributed by atoms with van der Waals surface area (Å²) in [7, 11) is 0. The Kier molecular flexibility index (Phi) is 51.1. The minimum absolute atomic E-state index is 0.0621. The Morgan fingerprint density at radius 3 is 0.766 bits per heavy atom. The predicted molar refractivity (Wildman–Crippen MR) is 275 cm³/mol. The fraction of sp³-hybridized carbons (Fsp3) is 0.948. The predicted octanol–water partition coefficient (Wildman–Crippen LogP) is 19.0. The summed E-state index contributed by atoms with van der Waals surface area (Å²) in [6, 6.07) is 0. The number of rotatable bonds is 53. The lowest BCUT2D eigenvalue weighted by molar-refractivity contribution is -0.167. The molecular weight excluding hydrogens is 793 g/mol. The lowest BCUT2D eigenvalue weighted by atomic mass is 10.0. The molecule has 0 aromatic carbocycles. The van der Waals surface area contributed by atoms with E-state index < -0.39 is 6.10 Å². The molecule has 0 bridgehead atoms. The molecule has 0 spiro atoms. The van der Waals surface area contributed by atoms with Crippen LogP contribution in [-0.2, 0) is 28.6 Å². The van der Waals surface area contributed by atoms with Crippen molar-refractivity contribution in [1.29, 1.82) is 0 Å². The average Bonchev–Trinajstić information content (AvgIpc) is 3.28. The van der Waals surface area contributed by atoms with Crippen molar-refractivity contribution in [3.63, 3.8) is 0 Å². The van der Waals surface area contributed by atoms with E-state index in [0.29, 0.717) is 19.3 Å². The molecular formula is C58H112O6. The maximum Gasteiger partial charge on any atom is 0.306 e. The Balaban J connectivity index is 4.29. The Labute approximate surface area is 399 Å². The highest BCUT2D eigenvalue weighted by Crippen LogP contribution is 2.18. The highest BCUT2D eigenvalue weighted by molar-refractivity contribution is 5.71. The Morgan fingerprint density at radius 1 is 0.297 bits per heavy atom. The van der Waals surface area contributed by atoms with Gasteiger partial charge in [0.05, 0.1) is 0 Å². The first-order valence-corrected chi connectivity index (χ1v) is 28.9. The molecule has 0 unspecified atom stereocenters. The molecule has 380 valence electrons. The molecule has 0 heterocycles. The normalized spacial score (nSPS) is 12.0. The maximum absolute atomic E-state index is 12.8. The van der Waals surface area contributed by atoms with E-state index in [1.54, 1.807) is 0 Å². The van der Waals surface area contributed by atoms with Crippen LogP contribution in [0.4, 0.5) is 0 Å². The lowest BCUT2D eigenvalue weighted by Gasteiger charge is -2.18. The van der Waals surface area contributed by atoms with Crippen LogP contribution in [0.2, 0.25) is 0 Å². The molecule has 0 saturated heterocycles. The van der Waals surface area contributed by atoms with E-state index in [9.17, 15) is 14.4 Å². The van der Waals surface area contributed by atoms with Gasteiger partial charge in [-0.2, -0.15) is 0 Å². The van der Waals surface area contributed by atoms with Crippen molar-refractivity contribution >= 4 is 17.9 Å². The summed E-state index contributed by atoms with van der Waals surface area (Å²) in [4.78, 5) is 38.1. The minimum Gasteiger partial charge on any atom is -0.462 e. The van der Waals surface area contributed by atoms with Gasteiger partial charge in [-0.1, -0.05) is 291 Å². The van der Waals surface area contributed by atoms with Crippen molar-refractivity contribution in [2.45, 2.75) is 336 Å². The van der Waals surface area contributed by atoms with Gasteiger partial charge in [0.1, 0.15) is 13.2 Å². The van der Waals surface area contributed by atoms with Crippen LogP contribution >= 0.6 is 0 Å². The van der Waals surface area contributed by atoms with Crippen molar-refractivity contribution in [1.82, 2.24) is 0 Å². The van der Waals surface area contributed by atoms with Gasteiger partial charge in [0.2, 0.25) is 0 Å². The zero-order valence-electron chi connectivity index (χ0n) is 43.8. The van der Waals surface area contributed by atoms with E-state index in [1.165, 1.54) is 225 Å². The first kappa shape index (κ1) is 62.4. The van der Waals surface area contributed by atoms with Crippen molar-refractivity contribution in [2.75, 3.05) is 13.2 Å². The Hall–Kier alpha value is -1.59. The maximum atomic E-state index is 12.8. The topological polar surface area (TPSA) is 78.9 Å². The molecule has 1 atom stereocenters. The fourth-order valence-electron chi connectivity index (χ4n) is 8.92. The molecule has 0 aliphatic heterocycles. The van der Waals surface area contributed by atoms with Crippen molar-refractivity contribution in [3.05, 3.63) is 0 Å². The standard InChI is InChI=1S/C58H112O6/c1-5-7-9-11-13-15-17-19-21-22-23-25-27-29-35-39-43-47-51-58(61)64-55(53-63-57(60)50-46-42-38-34-31-30-32-36-40-44-48-54(3)4)52-62-56(59)49-45-41-37-33-28-26-24-20-18-16-14-12-10-8-6-2/h54-55H,5-53H2,1-4H3/t55-/m0/s1. The van der Waals surface area contributed by atoms with Gasteiger partial charge in [-0.05, 0) is 25.2 Å². The van der Waals surface area contributed by atoms with E-state index in [0.717, 1.165) is 63.7 Å². The molecule has 0 saturated carbocycles. The van der Waals surface area contributed by atoms with Crippen LogP contribution < -0.4 is 0 Å². The first-order valence-electron chi connectivity index (χ1n) is 28.9. The second-order valence-corrected chi connectivity index (χ2v) is 20.4. The number of carbonyl (C=O) groups is 3. The fourth-order valence-corrected chi connectivity index (χ4v) is 8.92. The van der Waals surface area contributed by atoms with Gasteiger partial charge in [-0.25, -0.2) is 0 Å². The van der Waals surface area contributed by atoms with Gasteiger partial charge in [0.25, 0.3) is 0 Å². The summed E-state index contributed by atoms with van der Waals surface area (Å²) >= 11 is 0. The SMILES string of the molecule is CCCCCCCCCCCCCCCCCCCCC(=O)O[C@@H](COC(=O)CCCCCCCCCCCCCCCCC)COC(=O)CCCCCCCCCCCCC(C)C. The van der Waals surface area contributed by atoms with Gasteiger partial charge in [0.15, 0.2) is 6.10 Å². The largest absolute Gasteiger partial charge is 0.462 e. The molecule has 6 nitrogen and oxygen atoms in total. The average molecular weight is 906 g/mol. The van der Waals surface area contributed by atoms with Crippen LogP contribution in [0, 0.1) is 5.92 Å². The van der Waals surface area contributed by atoms with Gasteiger partial charge in [0, 0.05) is 19.3 Å². The van der Waals surface area contributed by atoms with Crippen molar-refractivity contribution < 1.29 is 28.6 Å². The second-order valence-electron chi connectivity index (χ2n) is 20.4. The monoisotopic (exact) mass is 905 g/mol. The third-order valence-electron chi connectivity index (χ3n) is 13.3. The minimum atomic E-state index is -0.762. The summed E-state index contributed by atoms with van der Waals surface area (Å²) in [5.41, 5.74) is 0. The Morgan fingerprint density at radius 2 is 0.516 bits per heavy atom. The lowest BCUT2D eigenvalue weighted by Crippen LogP contribution is -2.30. The van der Waals surface area contributed by atoms with E-state index in [4.69, 9.17) is 14.2 Å². The molecule has 0 amide bonds. The molecule has 0 fully saturated rings. The zero-order valence-corrected chi connectivity index (χ0v) is 43.8. The highest BCUT2D eigenvalue weighted by atomic mass is 16.6. The van der Waals surface area contributed by atoms with E-state index >= 15 is 0 Å². The highest BCUT2D eigenvalue weighted by Gasteiger charge is 2.19. The Bertz CT molecular complexity index is 964. The van der Waals surface area contributed by atoms with Crippen LogP contribution in [0.1, 0.15) is 329 Å². The third kappa shape index (κ3) is 51.4. The summed E-state index contributed by atoms with van der Waals surface area (Å²) in [5.74, 6) is -0.0179. The summed E-state index contributed by atoms with van der Waals surface area (Å²) in [6.07, 6.45) is 56.6. The quantitative estimate of drug-likeness (QED) is 0.0344. The van der Waals surface area contributed by atoms with Crippen LogP contribution in [0.3, 0.4) is 0 Å². The molecule has 0 rings (SSSR count). The van der Waals surface area contributed by atoms with Gasteiger partial charge >= 0.3 is 17.9 Å². The van der Waals surface area contributed by atoms with Crippen molar-refractivity contribution in [3.8, 4) is 0 Å². The van der Waals surface area contributed by atoms with Crippen LogP contribution in [-0.4, -0.2) is 37.2 Å². The number of ether oxygens (including phenoxy) is 3. The summed E-state index contributed by atoms with van der Waals surface area (Å²) in [5, 5.41) is 0. The summed E-state index contributed by atoms with van der Waals surface area (Å²) in [6.45, 7) is 9.05. The summed E-state index contributed by atoms with van der Waals surface area (Å²) < 4.78 is 16.9. The van der Waals surface area contributed by atoms with Gasteiger partial charge in [-0.3, -0.25) is 14.4 Å². The van der Waals surface area contributed by atoms with Crippen LogP contribution in [0.25, 0.3) is 0 Å². The number of carbonyl (C=O) groups excluding carboxylic acids is 3. The smallest absolute Gasteiger partial charge is 0.306 e. The third-order valence-corrected chi connectivity index (χ3v) is 13.3. The molecule has 6 heteroatoms. The van der Waals surface area contributed by atoms with Crippen molar-refractivity contribution in [2.24, 2.45) is 5.92 Å². The number of unbranched alkanes of at least 4 members (excludes halogenated alkanes) is 40. The number of hydrogen-bond acceptors (Lipinski definition) is 6. The number of hydrogen-bond donors (Lipinski definition) is 0. The van der Waals surface area contributed by atoms with Crippen LogP contribution in [0.15, 0.2) is 0 Å². The van der Waals surface area contributed by atoms with Gasteiger partial charge < -0.3 is 14.2 Å².